The highest BCUT2D eigenvalue weighted by Crippen LogP contribution is 2.33. The number of hydrogen-bond donors (Lipinski definition) is 2. The standard InChI is InChI=1S/C26H30FN5O4S/c1-2-6-25-35-26(36-25)31-18-7-5-12-32(16-18)37(33,34)23-9-4-3-8-19(23)17-10-11-20(21(27)13-17)22-14-30-24(28)15-29-22/h3-4,8-11,13-15,18,25-26,31H,2,5-7,12,16H2,1H3,(H2,28,30). The highest BCUT2D eigenvalue weighted by atomic mass is 32.2. The molecule has 3 heterocycles. The lowest BCUT2D eigenvalue weighted by Gasteiger charge is -2.40. The van der Waals surface area contributed by atoms with Crippen LogP contribution in [-0.2, 0) is 19.5 Å². The Morgan fingerprint density at radius 2 is 1.95 bits per heavy atom. The molecule has 1 unspecified atom stereocenters. The summed E-state index contributed by atoms with van der Waals surface area (Å²) in [5.41, 5.74) is 7.05. The summed E-state index contributed by atoms with van der Waals surface area (Å²) in [4.78, 5) is 8.22. The molecule has 3 N–H and O–H groups in total. The van der Waals surface area contributed by atoms with E-state index in [0.29, 0.717) is 36.3 Å². The monoisotopic (exact) mass is 527 g/mol. The largest absolute Gasteiger partial charge is 0.382 e. The lowest BCUT2D eigenvalue weighted by molar-refractivity contribution is -0.397. The highest BCUT2D eigenvalue weighted by molar-refractivity contribution is 7.89. The number of anilines is 1. The molecule has 5 rings (SSSR count). The average Bonchev–Trinajstić information content (AvgIpc) is 2.88. The van der Waals surface area contributed by atoms with Crippen molar-refractivity contribution in [2.75, 3.05) is 18.8 Å². The first-order valence-corrected chi connectivity index (χ1v) is 13.8. The molecule has 2 aliphatic heterocycles. The van der Waals surface area contributed by atoms with Crippen molar-refractivity contribution in [2.24, 2.45) is 0 Å². The average molecular weight is 528 g/mol. The number of ether oxygens (including phenoxy) is 2. The summed E-state index contributed by atoms with van der Waals surface area (Å²) in [5.74, 6) is -0.295. The van der Waals surface area contributed by atoms with Crippen LogP contribution in [0.25, 0.3) is 22.4 Å². The summed E-state index contributed by atoms with van der Waals surface area (Å²) in [6.45, 7) is 2.76. The Bertz CT molecular complexity index is 1350. The third-order valence-corrected chi connectivity index (χ3v) is 8.49. The Morgan fingerprint density at radius 1 is 1.14 bits per heavy atom. The van der Waals surface area contributed by atoms with Crippen molar-refractivity contribution < 1.29 is 22.3 Å². The molecule has 0 bridgehead atoms. The van der Waals surface area contributed by atoms with Crippen molar-refractivity contribution in [2.45, 2.75) is 56.2 Å². The molecular weight excluding hydrogens is 497 g/mol. The number of nitrogens with two attached hydrogens (primary N) is 1. The van der Waals surface area contributed by atoms with E-state index in [1.165, 1.54) is 22.8 Å². The molecule has 1 atom stereocenters. The maximum Gasteiger partial charge on any atom is 0.243 e. The molecule has 0 spiro atoms. The quantitative estimate of drug-likeness (QED) is 0.455. The van der Waals surface area contributed by atoms with Crippen LogP contribution in [-0.4, -0.2) is 54.5 Å². The number of piperidine rings is 1. The van der Waals surface area contributed by atoms with Gasteiger partial charge in [-0.05, 0) is 43.0 Å². The number of hydrogen-bond acceptors (Lipinski definition) is 8. The number of benzene rings is 2. The van der Waals surface area contributed by atoms with Crippen LogP contribution >= 0.6 is 0 Å². The van der Waals surface area contributed by atoms with Crippen molar-refractivity contribution >= 4 is 15.8 Å². The van der Waals surface area contributed by atoms with E-state index in [-0.39, 0.29) is 28.6 Å². The molecule has 2 aliphatic rings. The topological polar surface area (TPSA) is 120 Å². The number of rotatable bonds is 8. The summed E-state index contributed by atoms with van der Waals surface area (Å²) in [6, 6.07) is 11.1. The van der Waals surface area contributed by atoms with Gasteiger partial charge in [0.2, 0.25) is 16.4 Å². The fourth-order valence-corrected chi connectivity index (χ4v) is 6.40. The lowest BCUT2D eigenvalue weighted by Crippen LogP contribution is -2.57. The summed E-state index contributed by atoms with van der Waals surface area (Å²) < 4.78 is 55.4. The van der Waals surface area contributed by atoms with E-state index in [2.05, 4.69) is 22.2 Å². The van der Waals surface area contributed by atoms with Crippen LogP contribution in [0.3, 0.4) is 0 Å². The summed E-state index contributed by atoms with van der Waals surface area (Å²) in [5, 5.41) is 3.26. The third-order valence-electron chi connectivity index (χ3n) is 6.56. The Morgan fingerprint density at radius 3 is 2.68 bits per heavy atom. The van der Waals surface area contributed by atoms with Gasteiger partial charge in [-0.3, -0.25) is 10.3 Å². The van der Waals surface area contributed by atoms with Crippen LogP contribution in [0, 0.1) is 5.82 Å². The van der Waals surface area contributed by atoms with Crippen LogP contribution in [0.2, 0.25) is 0 Å². The fraction of sp³-hybridized carbons (Fsp3) is 0.385. The number of nitrogens with one attached hydrogen (secondary N) is 1. The Kier molecular flexibility index (Phi) is 7.50. The van der Waals surface area contributed by atoms with E-state index in [9.17, 15) is 8.42 Å². The maximum absolute atomic E-state index is 15.1. The molecule has 9 nitrogen and oxygen atoms in total. The fourth-order valence-electron chi connectivity index (χ4n) is 4.66. The van der Waals surface area contributed by atoms with Crippen molar-refractivity contribution in [3.63, 3.8) is 0 Å². The van der Waals surface area contributed by atoms with Gasteiger partial charge in [0.25, 0.3) is 0 Å². The second-order valence-electron chi connectivity index (χ2n) is 9.21. The van der Waals surface area contributed by atoms with Crippen LogP contribution in [0.15, 0.2) is 59.8 Å². The van der Waals surface area contributed by atoms with Crippen LogP contribution in [0.5, 0.6) is 0 Å². The van der Waals surface area contributed by atoms with E-state index < -0.39 is 22.3 Å². The normalized spacial score (nSPS) is 22.5. The number of aromatic nitrogens is 2. The van der Waals surface area contributed by atoms with E-state index in [0.717, 1.165) is 19.3 Å². The molecule has 3 aromatic rings. The Hall–Kier alpha value is -2.96. The summed E-state index contributed by atoms with van der Waals surface area (Å²) in [6.07, 6.45) is 5.37. The van der Waals surface area contributed by atoms with Gasteiger partial charge in [0.1, 0.15) is 11.6 Å². The molecule has 0 saturated carbocycles. The van der Waals surface area contributed by atoms with Gasteiger partial charge in [0.05, 0.1) is 23.0 Å². The lowest BCUT2D eigenvalue weighted by atomic mass is 10.0. The summed E-state index contributed by atoms with van der Waals surface area (Å²) in [7, 11) is -3.84. The minimum Gasteiger partial charge on any atom is -0.382 e. The predicted octanol–water partition coefficient (Wildman–Crippen LogP) is 3.73. The smallest absolute Gasteiger partial charge is 0.243 e. The second-order valence-corrected chi connectivity index (χ2v) is 11.1. The molecule has 2 aromatic carbocycles. The van der Waals surface area contributed by atoms with Crippen molar-refractivity contribution in [3.8, 4) is 22.4 Å². The predicted molar refractivity (Wildman–Crippen MR) is 137 cm³/mol. The van der Waals surface area contributed by atoms with Crippen molar-refractivity contribution in [3.05, 3.63) is 60.7 Å². The van der Waals surface area contributed by atoms with E-state index >= 15 is 4.39 Å². The molecule has 2 fully saturated rings. The van der Waals surface area contributed by atoms with E-state index in [1.807, 2.05) is 0 Å². The van der Waals surface area contributed by atoms with Crippen LogP contribution in [0.4, 0.5) is 10.2 Å². The number of sulfonamides is 1. The second kappa shape index (κ2) is 10.8. The van der Waals surface area contributed by atoms with Gasteiger partial charge in [0.15, 0.2) is 6.29 Å². The zero-order valence-electron chi connectivity index (χ0n) is 20.5. The zero-order valence-corrected chi connectivity index (χ0v) is 21.3. The van der Waals surface area contributed by atoms with Gasteiger partial charge in [-0.2, -0.15) is 4.31 Å². The van der Waals surface area contributed by atoms with Gasteiger partial charge in [-0.25, -0.2) is 17.8 Å². The van der Waals surface area contributed by atoms with Crippen molar-refractivity contribution in [1.29, 1.82) is 0 Å². The molecular formula is C26H30FN5O4S. The molecule has 0 aliphatic carbocycles. The minimum atomic E-state index is -3.84. The highest BCUT2D eigenvalue weighted by Gasteiger charge is 2.36. The van der Waals surface area contributed by atoms with Gasteiger partial charge >= 0.3 is 0 Å². The Balaban J connectivity index is 1.36. The SMILES string of the molecule is CCCC1OC(NC2CCCN(S(=O)(=O)c3ccccc3-c3ccc(-c4cnc(N)cn4)c(F)c3)C2)O1. The van der Waals surface area contributed by atoms with Crippen LogP contribution in [0.1, 0.15) is 32.6 Å². The number of nitrogen functional groups attached to an aromatic ring is 1. The van der Waals surface area contributed by atoms with Gasteiger partial charge < -0.3 is 15.2 Å². The first-order valence-electron chi connectivity index (χ1n) is 12.4. The number of nitrogens with zero attached hydrogens (tertiary/aromatic N) is 3. The molecule has 0 amide bonds. The number of halogens is 1. The third kappa shape index (κ3) is 5.51. The minimum absolute atomic E-state index is 0.0963. The zero-order chi connectivity index (χ0) is 26.0. The van der Waals surface area contributed by atoms with E-state index in [4.69, 9.17) is 15.2 Å². The first kappa shape index (κ1) is 25.7. The van der Waals surface area contributed by atoms with E-state index in [1.54, 1.807) is 36.4 Å². The van der Waals surface area contributed by atoms with Gasteiger partial charge in [-0.15, -0.1) is 0 Å². The molecule has 11 heteroatoms. The van der Waals surface area contributed by atoms with Crippen LogP contribution < -0.4 is 11.1 Å². The molecule has 2 saturated heterocycles. The molecule has 1 aromatic heterocycles. The first-order chi connectivity index (χ1) is 17.8. The molecule has 37 heavy (non-hydrogen) atoms. The molecule has 0 radical (unpaired) electrons. The molecule has 196 valence electrons. The van der Waals surface area contributed by atoms with Crippen molar-refractivity contribution in [1.82, 2.24) is 19.6 Å². The van der Waals surface area contributed by atoms with Gasteiger partial charge in [0, 0.05) is 30.3 Å². The van der Waals surface area contributed by atoms with Gasteiger partial charge in [-0.1, -0.05) is 37.6 Å². The maximum atomic E-state index is 15.1. The Labute approximate surface area is 215 Å². The summed E-state index contributed by atoms with van der Waals surface area (Å²) >= 11 is 0.